The van der Waals surface area contributed by atoms with E-state index in [9.17, 15) is 8.42 Å². The molecule has 122 valence electrons. The standard InChI is InChI=1S/C16H18BrN3O2S/c1-2-9-20-11-15(17)16(18-20)19-23(21,22)14-8-7-12-5-3-4-6-13(12)10-14/h2,7-8,10-11H,1,3-6,9H2,(H,18,19). The summed E-state index contributed by atoms with van der Waals surface area (Å²) < 4.78 is 30.0. The van der Waals surface area contributed by atoms with Crippen molar-refractivity contribution in [2.24, 2.45) is 0 Å². The van der Waals surface area contributed by atoms with Gasteiger partial charge in [0.25, 0.3) is 10.0 Å². The number of fused-ring (bicyclic) bond motifs is 1. The zero-order valence-electron chi connectivity index (χ0n) is 12.6. The SMILES string of the molecule is C=CCn1cc(Br)c(NS(=O)(=O)c2ccc3c(c2)CCCC3)n1. The quantitative estimate of drug-likeness (QED) is 0.787. The second-order valence-corrected chi connectivity index (χ2v) is 8.12. The van der Waals surface area contributed by atoms with Crippen molar-refractivity contribution >= 4 is 31.8 Å². The molecule has 0 fully saturated rings. The molecule has 1 aromatic carbocycles. The first-order chi connectivity index (χ1) is 11.0. The van der Waals surface area contributed by atoms with Crippen molar-refractivity contribution in [3.05, 3.63) is 52.7 Å². The topological polar surface area (TPSA) is 64.0 Å². The van der Waals surface area contributed by atoms with Gasteiger partial charge in [-0.15, -0.1) is 6.58 Å². The number of nitrogens with one attached hydrogen (secondary N) is 1. The van der Waals surface area contributed by atoms with Crippen LogP contribution in [0.3, 0.4) is 0 Å². The van der Waals surface area contributed by atoms with Crippen LogP contribution in [0.4, 0.5) is 5.82 Å². The third-order valence-electron chi connectivity index (χ3n) is 3.89. The van der Waals surface area contributed by atoms with Crippen molar-refractivity contribution in [1.82, 2.24) is 9.78 Å². The maximum Gasteiger partial charge on any atom is 0.263 e. The zero-order valence-corrected chi connectivity index (χ0v) is 15.0. The molecule has 0 saturated carbocycles. The van der Waals surface area contributed by atoms with Crippen LogP contribution in [0.25, 0.3) is 0 Å². The van der Waals surface area contributed by atoms with E-state index in [1.54, 1.807) is 29.1 Å². The van der Waals surface area contributed by atoms with Crippen LogP contribution in [0.2, 0.25) is 0 Å². The summed E-state index contributed by atoms with van der Waals surface area (Å²) in [7, 11) is -3.65. The third kappa shape index (κ3) is 3.50. The summed E-state index contributed by atoms with van der Waals surface area (Å²) in [5.41, 5.74) is 2.39. The number of hydrogen-bond acceptors (Lipinski definition) is 3. The van der Waals surface area contributed by atoms with Crippen molar-refractivity contribution in [3.8, 4) is 0 Å². The van der Waals surface area contributed by atoms with E-state index in [4.69, 9.17) is 0 Å². The minimum absolute atomic E-state index is 0.281. The molecule has 0 unspecified atom stereocenters. The molecule has 0 aliphatic heterocycles. The summed E-state index contributed by atoms with van der Waals surface area (Å²) in [6, 6.07) is 5.38. The summed E-state index contributed by atoms with van der Waals surface area (Å²) in [5, 5.41) is 4.21. The lowest BCUT2D eigenvalue weighted by atomic mass is 9.92. The smallest absolute Gasteiger partial charge is 0.263 e. The molecule has 5 nitrogen and oxygen atoms in total. The molecule has 2 aromatic rings. The van der Waals surface area contributed by atoms with Crippen LogP contribution in [0, 0.1) is 0 Å². The van der Waals surface area contributed by atoms with E-state index in [1.807, 2.05) is 6.07 Å². The third-order valence-corrected chi connectivity index (χ3v) is 5.81. The van der Waals surface area contributed by atoms with E-state index >= 15 is 0 Å². The number of nitrogens with zero attached hydrogens (tertiary/aromatic N) is 2. The van der Waals surface area contributed by atoms with E-state index in [1.165, 1.54) is 12.0 Å². The van der Waals surface area contributed by atoms with Gasteiger partial charge >= 0.3 is 0 Å². The molecule has 1 aliphatic rings. The van der Waals surface area contributed by atoms with Gasteiger partial charge in [-0.05, 0) is 64.9 Å². The van der Waals surface area contributed by atoms with Gasteiger partial charge in [0.15, 0.2) is 5.82 Å². The molecule has 1 aliphatic carbocycles. The Morgan fingerprint density at radius 3 is 2.78 bits per heavy atom. The van der Waals surface area contributed by atoms with Crippen LogP contribution >= 0.6 is 15.9 Å². The number of allylic oxidation sites excluding steroid dienone is 1. The number of rotatable bonds is 5. The number of aromatic nitrogens is 2. The summed E-state index contributed by atoms with van der Waals surface area (Å²) in [4.78, 5) is 0.281. The molecule has 23 heavy (non-hydrogen) atoms. The highest BCUT2D eigenvalue weighted by Gasteiger charge is 2.20. The first-order valence-electron chi connectivity index (χ1n) is 7.48. The van der Waals surface area contributed by atoms with Crippen LogP contribution in [-0.2, 0) is 29.4 Å². The highest BCUT2D eigenvalue weighted by Crippen LogP contribution is 2.27. The maximum atomic E-state index is 12.6. The first-order valence-corrected chi connectivity index (χ1v) is 9.76. The van der Waals surface area contributed by atoms with Gasteiger partial charge in [-0.3, -0.25) is 9.40 Å². The maximum absolute atomic E-state index is 12.6. The second kappa shape index (κ2) is 6.49. The molecule has 0 radical (unpaired) electrons. The number of halogens is 1. The van der Waals surface area contributed by atoms with Crippen LogP contribution in [0.1, 0.15) is 24.0 Å². The minimum atomic E-state index is -3.65. The number of sulfonamides is 1. The molecular formula is C16H18BrN3O2S. The summed E-state index contributed by atoms with van der Waals surface area (Å²) >= 11 is 3.33. The fraction of sp³-hybridized carbons (Fsp3) is 0.312. The molecule has 0 atom stereocenters. The Kier molecular flexibility index (Phi) is 4.59. The number of anilines is 1. The molecule has 1 N–H and O–H groups in total. The molecule has 7 heteroatoms. The molecule has 0 saturated heterocycles. The fourth-order valence-corrected chi connectivity index (χ4v) is 4.37. The number of hydrogen-bond donors (Lipinski definition) is 1. The van der Waals surface area contributed by atoms with Crippen molar-refractivity contribution in [2.45, 2.75) is 37.1 Å². The molecule has 3 rings (SSSR count). The normalized spacial score (nSPS) is 14.3. The summed E-state index contributed by atoms with van der Waals surface area (Å²) in [5.74, 6) is 0.282. The lowest BCUT2D eigenvalue weighted by Crippen LogP contribution is -2.15. The highest BCUT2D eigenvalue weighted by molar-refractivity contribution is 9.10. The van der Waals surface area contributed by atoms with Crippen molar-refractivity contribution in [1.29, 1.82) is 0 Å². The lowest BCUT2D eigenvalue weighted by Gasteiger charge is -2.16. The Morgan fingerprint density at radius 2 is 2.04 bits per heavy atom. The second-order valence-electron chi connectivity index (χ2n) is 5.58. The van der Waals surface area contributed by atoms with E-state index in [-0.39, 0.29) is 10.7 Å². The highest BCUT2D eigenvalue weighted by atomic mass is 79.9. The first kappa shape index (κ1) is 16.3. The van der Waals surface area contributed by atoms with E-state index in [0.29, 0.717) is 11.0 Å². The Hall–Kier alpha value is -1.60. The van der Waals surface area contributed by atoms with Gasteiger partial charge in [0.1, 0.15) is 0 Å². The van der Waals surface area contributed by atoms with Crippen LogP contribution in [-0.4, -0.2) is 18.2 Å². The molecule has 1 aromatic heterocycles. The average molecular weight is 396 g/mol. The van der Waals surface area contributed by atoms with Gasteiger partial charge in [0.05, 0.1) is 15.9 Å². The number of benzene rings is 1. The van der Waals surface area contributed by atoms with Gasteiger partial charge in [-0.2, -0.15) is 5.10 Å². The minimum Gasteiger partial charge on any atom is -0.266 e. The Morgan fingerprint density at radius 1 is 1.30 bits per heavy atom. The van der Waals surface area contributed by atoms with E-state index in [0.717, 1.165) is 24.8 Å². The van der Waals surface area contributed by atoms with Gasteiger partial charge in [0.2, 0.25) is 0 Å². The Bertz CT molecular complexity index is 843. The fourth-order valence-electron chi connectivity index (χ4n) is 2.76. The number of aryl methyl sites for hydroxylation is 2. The Labute approximate surface area is 144 Å². The van der Waals surface area contributed by atoms with Crippen molar-refractivity contribution in [2.75, 3.05) is 4.72 Å². The monoisotopic (exact) mass is 395 g/mol. The lowest BCUT2D eigenvalue weighted by molar-refractivity contribution is 0.600. The predicted molar refractivity (Wildman–Crippen MR) is 94.0 cm³/mol. The zero-order chi connectivity index (χ0) is 16.4. The molecule has 0 spiro atoms. The Balaban J connectivity index is 1.88. The van der Waals surface area contributed by atoms with Crippen LogP contribution < -0.4 is 4.72 Å². The molecule has 0 amide bonds. The van der Waals surface area contributed by atoms with E-state index in [2.05, 4.69) is 32.3 Å². The molecular weight excluding hydrogens is 378 g/mol. The van der Waals surface area contributed by atoms with Crippen LogP contribution in [0.5, 0.6) is 0 Å². The average Bonchev–Trinajstić information content (AvgIpc) is 2.86. The van der Waals surface area contributed by atoms with Gasteiger partial charge < -0.3 is 0 Å². The van der Waals surface area contributed by atoms with E-state index < -0.39 is 10.0 Å². The van der Waals surface area contributed by atoms with Gasteiger partial charge in [-0.25, -0.2) is 8.42 Å². The summed E-state index contributed by atoms with van der Waals surface area (Å²) in [6.07, 6.45) is 7.66. The van der Waals surface area contributed by atoms with Crippen LogP contribution in [0.15, 0.2) is 46.4 Å². The van der Waals surface area contributed by atoms with Crippen molar-refractivity contribution < 1.29 is 8.42 Å². The van der Waals surface area contributed by atoms with Crippen molar-refractivity contribution in [3.63, 3.8) is 0 Å². The summed E-state index contributed by atoms with van der Waals surface area (Å²) in [6.45, 7) is 4.16. The predicted octanol–water partition coefficient (Wildman–Crippen LogP) is 3.51. The largest absolute Gasteiger partial charge is 0.266 e. The van der Waals surface area contributed by atoms with Gasteiger partial charge in [0, 0.05) is 6.20 Å². The molecule has 0 bridgehead atoms. The molecule has 1 heterocycles. The van der Waals surface area contributed by atoms with Gasteiger partial charge in [-0.1, -0.05) is 12.1 Å².